The molecule has 1 fully saturated rings. The van der Waals surface area contributed by atoms with Gasteiger partial charge in [-0.25, -0.2) is 5.01 Å². The molecule has 0 radical (unpaired) electrons. The highest BCUT2D eigenvalue weighted by atomic mass is 15.5. The molecule has 2 nitrogen and oxygen atoms in total. The van der Waals surface area contributed by atoms with Gasteiger partial charge in [-0.3, -0.25) is 5.43 Å². The number of rotatable bonds is 2. The third-order valence-electron chi connectivity index (χ3n) is 1.29. The summed E-state index contributed by atoms with van der Waals surface area (Å²) < 4.78 is 0. The van der Waals surface area contributed by atoms with Gasteiger partial charge in [0.05, 0.1) is 0 Å². The summed E-state index contributed by atoms with van der Waals surface area (Å²) in [5, 5.41) is 2.17. The van der Waals surface area contributed by atoms with Gasteiger partial charge in [-0.1, -0.05) is 6.08 Å². The number of nitrogens with zero attached hydrogens (tertiary/aromatic N) is 1. The minimum atomic E-state index is 0.972. The first-order valence-electron chi connectivity index (χ1n) is 3.03. The lowest BCUT2D eigenvalue weighted by molar-refractivity contribution is 0.283. The Kier molecular flexibility index (Phi) is 2.06. The molecule has 1 aliphatic heterocycles. The molecule has 0 amide bonds. The smallest absolute Gasteiger partial charge is 0.0309 e. The summed E-state index contributed by atoms with van der Waals surface area (Å²) in [6.45, 7) is 6.92. The van der Waals surface area contributed by atoms with E-state index in [0.717, 1.165) is 13.1 Å². The summed E-state index contributed by atoms with van der Waals surface area (Å²) >= 11 is 0. The Morgan fingerprint density at radius 3 is 3.12 bits per heavy atom. The summed E-state index contributed by atoms with van der Waals surface area (Å²) in [5.41, 5.74) is 3.22. The van der Waals surface area contributed by atoms with Crippen molar-refractivity contribution in [3.63, 3.8) is 0 Å². The van der Waals surface area contributed by atoms with Crippen LogP contribution in [0.15, 0.2) is 12.7 Å². The normalized spacial score (nSPS) is 21.5. The topological polar surface area (TPSA) is 15.3 Å². The molecular weight excluding hydrogens is 100 g/mol. The van der Waals surface area contributed by atoms with E-state index < -0.39 is 0 Å². The maximum absolute atomic E-state index is 3.64. The Labute approximate surface area is 50.1 Å². The average molecular weight is 112 g/mol. The second-order valence-corrected chi connectivity index (χ2v) is 2.00. The van der Waals surface area contributed by atoms with Gasteiger partial charge in [0, 0.05) is 19.6 Å². The minimum absolute atomic E-state index is 0.972. The maximum atomic E-state index is 3.64. The fourth-order valence-electron chi connectivity index (χ4n) is 0.898. The Balaban J connectivity index is 2.14. The van der Waals surface area contributed by atoms with E-state index >= 15 is 0 Å². The van der Waals surface area contributed by atoms with Gasteiger partial charge in [-0.15, -0.1) is 6.58 Å². The van der Waals surface area contributed by atoms with Crippen molar-refractivity contribution in [3.8, 4) is 0 Å². The summed E-state index contributed by atoms with van der Waals surface area (Å²) in [6, 6.07) is 0. The predicted octanol–water partition coefficient (Wildman–Crippen LogP) is 0.383. The first-order chi connectivity index (χ1) is 3.93. The molecule has 0 aromatic carbocycles. The predicted molar refractivity (Wildman–Crippen MR) is 34.4 cm³/mol. The molecule has 1 rings (SSSR count). The summed E-state index contributed by atoms with van der Waals surface area (Å²) in [7, 11) is 0. The maximum Gasteiger partial charge on any atom is 0.0309 e. The van der Waals surface area contributed by atoms with Crippen molar-refractivity contribution in [2.45, 2.75) is 6.42 Å². The molecule has 0 atom stereocenters. The van der Waals surface area contributed by atoms with E-state index in [-0.39, 0.29) is 0 Å². The largest absolute Gasteiger partial charge is 0.255 e. The summed E-state index contributed by atoms with van der Waals surface area (Å²) in [5.74, 6) is 0. The zero-order chi connectivity index (χ0) is 5.82. The first-order valence-corrected chi connectivity index (χ1v) is 3.03. The standard InChI is InChI=1S/C6H12N2/c1-2-5-8-6-3-4-7-8/h2,7H,1,3-6H2. The van der Waals surface area contributed by atoms with Crippen molar-refractivity contribution < 1.29 is 0 Å². The van der Waals surface area contributed by atoms with Gasteiger partial charge in [0.1, 0.15) is 0 Å². The highest BCUT2D eigenvalue weighted by Gasteiger charge is 2.06. The zero-order valence-electron chi connectivity index (χ0n) is 5.06. The van der Waals surface area contributed by atoms with Crippen molar-refractivity contribution in [2.75, 3.05) is 19.6 Å². The molecular formula is C6H12N2. The number of hydrogen-bond acceptors (Lipinski definition) is 2. The molecule has 1 heterocycles. The van der Waals surface area contributed by atoms with Gasteiger partial charge < -0.3 is 0 Å². The SMILES string of the molecule is C=CCN1CCCN1. The minimum Gasteiger partial charge on any atom is -0.255 e. The first kappa shape index (κ1) is 5.79. The van der Waals surface area contributed by atoms with Crippen molar-refractivity contribution in [1.29, 1.82) is 0 Å². The molecule has 46 valence electrons. The highest BCUT2D eigenvalue weighted by molar-refractivity contribution is 4.73. The van der Waals surface area contributed by atoms with Crippen LogP contribution >= 0.6 is 0 Å². The lowest BCUT2D eigenvalue weighted by atomic mass is 10.4. The fourth-order valence-corrected chi connectivity index (χ4v) is 0.898. The van der Waals surface area contributed by atoms with Gasteiger partial charge in [-0.05, 0) is 6.42 Å². The van der Waals surface area contributed by atoms with Crippen LogP contribution in [-0.4, -0.2) is 24.6 Å². The lowest BCUT2D eigenvalue weighted by Gasteiger charge is -2.10. The van der Waals surface area contributed by atoms with Crippen LogP contribution in [0.1, 0.15) is 6.42 Å². The second-order valence-electron chi connectivity index (χ2n) is 2.00. The van der Waals surface area contributed by atoms with Gasteiger partial charge in [-0.2, -0.15) is 0 Å². The molecule has 0 bridgehead atoms. The highest BCUT2D eigenvalue weighted by Crippen LogP contribution is 1.93. The quantitative estimate of drug-likeness (QED) is 0.520. The average Bonchev–Trinajstić information content (AvgIpc) is 2.19. The van der Waals surface area contributed by atoms with Gasteiger partial charge in [0.25, 0.3) is 0 Å². The van der Waals surface area contributed by atoms with Crippen molar-refractivity contribution in [1.82, 2.24) is 10.4 Å². The molecule has 8 heavy (non-hydrogen) atoms. The fraction of sp³-hybridized carbons (Fsp3) is 0.667. The molecule has 2 heteroatoms. The molecule has 0 spiro atoms. The van der Waals surface area contributed by atoms with E-state index in [1.165, 1.54) is 13.0 Å². The lowest BCUT2D eigenvalue weighted by Crippen LogP contribution is -2.30. The van der Waals surface area contributed by atoms with Gasteiger partial charge >= 0.3 is 0 Å². The van der Waals surface area contributed by atoms with Crippen LogP contribution in [0, 0.1) is 0 Å². The van der Waals surface area contributed by atoms with E-state index in [0.29, 0.717) is 0 Å². The number of hydrogen-bond donors (Lipinski definition) is 1. The van der Waals surface area contributed by atoms with E-state index in [1.54, 1.807) is 0 Å². The third kappa shape index (κ3) is 1.32. The molecule has 0 unspecified atom stereocenters. The second kappa shape index (κ2) is 2.84. The van der Waals surface area contributed by atoms with Gasteiger partial charge in [0.2, 0.25) is 0 Å². The number of nitrogens with one attached hydrogen (secondary N) is 1. The van der Waals surface area contributed by atoms with Crippen LogP contribution in [0.3, 0.4) is 0 Å². The Morgan fingerprint density at radius 1 is 1.75 bits per heavy atom. The van der Waals surface area contributed by atoms with E-state index in [2.05, 4.69) is 17.0 Å². The Bertz CT molecular complexity index is 74.6. The van der Waals surface area contributed by atoms with Crippen molar-refractivity contribution in [2.24, 2.45) is 0 Å². The third-order valence-corrected chi connectivity index (χ3v) is 1.29. The van der Waals surface area contributed by atoms with E-state index in [4.69, 9.17) is 0 Å². The summed E-state index contributed by atoms with van der Waals surface area (Å²) in [4.78, 5) is 0. The van der Waals surface area contributed by atoms with Crippen LogP contribution in [0.2, 0.25) is 0 Å². The molecule has 0 saturated carbocycles. The molecule has 1 N–H and O–H groups in total. The van der Waals surface area contributed by atoms with Gasteiger partial charge in [0.15, 0.2) is 0 Å². The Hall–Kier alpha value is -0.340. The molecule has 0 aromatic rings. The Morgan fingerprint density at radius 2 is 2.62 bits per heavy atom. The molecule has 0 aromatic heterocycles. The van der Waals surface area contributed by atoms with Crippen LogP contribution in [-0.2, 0) is 0 Å². The number of hydrazine groups is 1. The summed E-state index contributed by atoms with van der Waals surface area (Å²) in [6.07, 6.45) is 3.19. The van der Waals surface area contributed by atoms with Crippen LogP contribution in [0.5, 0.6) is 0 Å². The van der Waals surface area contributed by atoms with E-state index in [1.807, 2.05) is 6.08 Å². The molecule has 0 aliphatic carbocycles. The van der Waals surface area contributed by atoms with Crippen molar-refractivity contribution in [3.05, 3.63) is 12.7 Å². The zero-order valence-corrected chi connectivity index (χ0v) is 5.06. The monoisotopic (exact) mass is 112 g/mol. The van der Waals surface area contributed by atoms with E-state index in [9.17, 15) is 0 Å². The molecule has 1 aliphatic rings. The van der Waals surface area contributed by atoms with Crippen molar-refractivity contribution >= 4 is 0 Å². The van der Waals surface area contributed by atoms with Crippen LogP contribution < -0.4 is 5.43 Å². The van der Waals surface area contributed by atoms with Crippen LogP contribution in [0.25, 0.3) is 0 Å². The molecule has 1 saturated heterocycles. The van der Waals surface area contributed by atoms with Crippen LogP contribution in [0.4, 0.5) is 0 Å².